The molecule has 3 aromatic heterocycles. The Bertz CT molecular complexity index is 992. The highest BCUT2D eigenvalue weighted by Gasteiger charge is 2.08. The molecule has 5 nitrogen and oxygen atoms in total. The third-order valence-electron chi connectivity index (χ3n) is 3.94. The van der Waals surface area contributed by atoms with Crippen molar-refractivity contribution in [2.45, 2.75) is 6.54 Å². The van der Waals surface area contributed by atoms with Crippen molar-refractivity contribution < 1.29 is 4.79 Å². The highest BCUT2D eigenvalue weighted by molar-refractivity contribution is 7.13. The van der Waals surface area contributed by atoms with E-state index < -0.39 is 0 Å². The molecule has 0 radical (unpaired) electrons. The third-order valence-corrected chi connectivity index (χ3v) is 4.88. The van der Waals surface area contributed by atoms with Crippen LogP contribution in [0.15, 0.2) is 78.7 Å². The molecule has 4 rings (SSSR count). The molecule has 0 saturated carbocycles. The second-order valence-electron chi connectivity index (χ2n) is 5.70. The molecule has 6 heteroatoms. The fourth-order valence-corrected chi connectivity index (χ4v) is 3.41. The van der Waals surface area contributed by atoms with E-state index in [1.165, 1.54) is 0 Å². The Labute approximate surface area is 155 Å². The van der Waals surface area contributed by atoms with Gasteiger partial charge in [0.25, 0.3) is 5.91 Å². The minimum absolute atomic E-state index is 0.109. The molecule has 26 heavy (non-hydrogen) atoms. The molecular weight excluding hydrogens is 344 g/mol. The van der Waals surface area contributed by atoms with Crippen LogP contribution in [0.5, 0.6) is 0 Å². The zero-order chi connectivity index (χ0) is 17.8. The molecule has 1 aromatic carbocycles. The van der Waals surface area contributed by atoms with Crippen LogP contribution >= 0.6 is 11.3 Å². The number of thiazole rings is 1. The molecule has 3 heterocycles. The number of hydrogen-bond donors (Lipinski definition) is 1. The smallest absolute Gasteiger partial charge is 0.251 e. The first-order valence-corrected chi connectivity index (χ1v) is 9.04. The van der Waals surface area contributed by atoms with Gasteiger partial charge in [0.15, 0.2) is 0 Å². The van der Waals surface area contributed by atoms with Crippen molar-refractivity contribution in [1.82, 2.24) is 19.9 Å². The minimum Gasteiger partial charge on any atom is -0.346 e. The highest BCUT2D eigenvalue weighted by Crippen LogP contribution is 2.22. The lowest BCUT2D eigenvalue weighted by Crippen LogP contribution is -2.22. The van der Waals surface area contributed by atoms with Gasteiger partial charge >= 0.3 is 0 Å². The van der Waals surface area contributed by atoms with Crippen molar-refractivity contribution in [3.05, 3.63) is 90.0 Å². The number of aromatic nitrogens is 3. The van der Waals surface area contributed by atoms with Crippen molar-refractivity contribution in [1.29, 1.82) is 0 Å². The molecule has 0 atom stereocenters. The molecule has 4 aromatic rings. The van der Waals surface area contributed by atoms with E-state index in [0.717, 1.165) is 22.0 Å². The van der Waals surface area contributed by atoms with Gasteiger partial charge in [0.05, 0.1) is 12.2 Å². The standard InChI is InChI=1S/C20H16N4OS/c25-19(15-3-5-18(6-4-15)24-11-1-2-12-24)22-13-17-14-26-20(23-17)16-7-9-21-10-8-16/h1-12,14H,13H2,(H,22,25). The van der Waals surface area contributed by atoms with E-state index in [1.807, 2.05) is 70.9 Å². The normalized spacial score (nSPS) is 10.6. The number of rotatable bonds is 5. The van der Waals surface area contributed by atoms with E-state index in [0.29, 0.717) is 12.1 Å². The summed E-state index contributed by atoms with van der Waals surface area (Å²) in [5.41, 5.74) is 3.53. The number of hydrogen-bond acceptors (Lipinski definition) is 4. The molecular formula is C20H16N4OS. The fourth-order valence-electron chi connectivity index (χ4n) is 2.58. The van der Waals surface area contributed by atoms with Gasteiger partial charge in [-0.05, 0) is 48.5 Å². The first kappa shape index (κ1) is 16.2. The number of benzene rings is 1. The van der Waals surface area contributed by atoms with Crippen LogP contribution in [0.1, 0.15) is 16.1 Å². The van der Waals surface area contributed by atoms with E-state index in [2.05, 4.69) is 15.3 Å². The lowest BCUT2D eigenvalue weighted by molar-refractivity contribution is 0.0950. The molecule has 128 valence electrons. The summed E-state index contributed by atoms with van der Waals surface area (Å²) in [6.07, 6.45) is 7.43. The Hall–Kier alpha value is -3.25. The average molecular weight is 360 g/mol. The summed E-state index contributed by atoms with van der Waals surface area (Å²) in [6, 6.07) is 15.3. The van der Waals surface area contributed by atoms with E-state index in [1.54, 1.807) is 23.7 Å². The van der Waals surface area contributed by atoms with Gasteiger partial charge < -0.3 is 9.88 Å². The molecule has 0 unspecified atom stereocenters. The summed E-state index contributed by atoms with van der Waals surface area (Å²) in [7, 11) is 0. The first-order chi connectivity index (χ1) is 12.8. The molecule has 1 amide bonds. The van der Waals surface area contributed by atoms with Crippen molar-refractivity contribution in [2.75, 3.05) is 0 Å². The molecule has 0 aliphatic carbocycles. The van der Waals surface area contributed by atoms with Crippen molar-refractivity contribution >= 4 is 17.2 Å². The second-order valence-corrected chi connectivity index (χ2v) is 6.56. The number of carbonyl (C=O) groups excluding carboxylic acids is 1. The van der Waals surface area contributed by atoms with Crippen molar-refractivity contribution in [3.8, 4) is 16.3 Å². The molecule has 0 spiro atoms. The van der Waals surface area contributed by atoms with E-state index in [-0.39, 0.29) is 5.91 Å². The maximum atomic E-state index is 12.3. The largest absolute Gasteiger partial charge is 0.346 e. The summed E-state index contributed by atoms with van der Waals surface area (Å²) in [4.78, 5) is 20.9. The van der Waals surface area contributed by atoms with Crippen LogP contribution < -0.4 is 5.32 Å². The number of pyridine rings is 1. The lowest BCUT2D eigenvalue weighted by Gasteiger charge is -2.06. The molecule has 0 bridgehead atoms. The Balaban J connectivity index is 1.39. The quantitative estimate of drug-likeness (QED) is 0.587. The molecule has 0 fully saturated rings. The summed E-state index contributed by atoms with van der Waals surface area (Å²) < 4.78 is 2.00. The van der Waals surface area contributed by atoms with Crippen LogP contribution in [0.2, 0.25) is 0 Å². The van der Waals surface area contributed by atoms with E-state index in [4.69, 9.17) is 0 Å². The molecule has 0 aliphatic heterocycles. The fraction of sp³-hybridized carbons (Fsp3) is 0.0500. The summed E-state index contributed by atoms with van der Waals surface area (Å²) >= 11 is 1.56. The van der Waals surface area contributed by atoms with Crippen molar-refractivity contribution in [2.24, 2.45) is 0 Å². The number of nitrogens with one attached hydrogen (secondary N) is 1. The number of carbonyl (C=O) groups is 1. The lowest BCUT2D eigenvalue weighted by atomic mass is 10.2. The van der Waals surface area contributed by atoms with Crippen LogP contribution in [-0.4, -0.2) is 20.4 Å². The Morgan fingerprint density at radius 1 is 1.04 bits per heavy atom. The second kappa shape index (κ2) is 7.33. The van der Waals surface area contributed by atoms with E-state index >= 15 is 0 Å². The van der Waals surface area contributed by atoms with Gasteiger partial charge in [0.2, 0.25) is 0 Å². The first-order valence-electron chi connectivity index (χ1n) is 8.16. The topological polar surface area (TPSA) is 59.8 Å². The van der Waals surface area contributed by atoms with Crippen LogP contribution in [0, 0.1) is 0 Å². The zero-order valence-corrected chi connectivity index (χ0v) is 14.7. The summed E-state index contributed by atoms with van der Waals surface area (Å²) in [5, 5.41) is 5.81. The van der Waals surface area contributed by atoms with Gasteiger partial charge in [-0.3, -0.25) is 9.78 Å². The van der Waals surface area contributed by atoms with Crippen LogP contribution in [-0.2, 0) is 6.54 Å². The van der Waals surface area contributed by atoms with Gasteiger partial charge in [-0.2, -0.15) is 0 Å². The minimum atomic E-state index is -0.109. The molecule has 0 aliphatic rings. The molecule has 1 N–H and O–H groups in total. The number of nitrogens with zero attached hydrogens (tertiary/aromatic N) is 3. The van der Waals surface area contributed by atoms with Gasteiger partial charge in [-0.1, -0.05) is 0 Å². The van der Waals surface area contributed by atoms with Crippen LogP contribution in [0.25, 0.3) is 16.3 Å². The predicted octanol–water partition coefficient (Wildman–Crippen LogP) is 3.93. The Kier molecular flexibility index (Phi) is 4.57. The van der Waals surface area contributed by atoms with Gasteiger partial charge in [0, 0.05) is 47.0 Å². The van der Waals surface area contributed by atoms with Gasteiger partial charge in [-0.15, -0.1) is 11.3 Å². The predicted molar refractivity (Wildman–Crippen MR) is 102 cm³/mol. The Morgan fingerprint density at radius 2 is 1.77 bits per heavy atom. The van der Waals surface area contributed by atoms with Gasteiger partial charge in [-0.25, -0.2) is 4.98 Å². The highest BCUT2D eigenvalue weighted by atomic mass is 32.1. The maximum Gasteiger partial charge on any atom is 0.251 e. The van der Waals surface area contributed by atoms with Crippen LogP contribution in [0.3, 0.4) is 0 Å². The van der Waals surface area contributed by atoms with Gasteiger partial charge in [0.1, 0.15) is 5.01 Å². The average Bonchev–Trinajstić information content (AvgIpc) is 3.39. The number of amides is 1. The van der Waals surface area contributed by atoms with E-state index in [9.17, 15) is 4.79 Å². The zero-order valence-electron chi connectivity index (χ0n) is 13.9. The maximum absolute atomic E-state index is 12.3. The summed E-state index contributed by atoms with van der Waals surface area (Å²) in [6.45, 7) is 0.403. The third kappa shape index (κ3) is 3.55. The summed E-state index contributed by atoms with van der Waals surface area (Å²) in [5.74, 6) is -0.109. The Morgan fingerprint density at radius 3 is 2.50 bits per heavy atom. The van der Waals surface area contributed by atoms with Crippen molar-refractivity contribution in [3.63, 3.8) is 0 Å². The monoisotopic (exact) mass is 360 g/mol. The molecule has 0 saturated heterocycles. The SMILES string of the molecule is O=C(NCc1csc(-c2ccncc2)n1)c1ccc(-n2cccc2)cc1. The van der Waals surface area contributed by atoms with Crippen LogP contribution in [0.4, 0.5) is 0 Å².